The molecule has 210 valence electrons. The van der Waals surface area contributed by atoms with Crippen molar-refractivity contribution in [3.63, 3.8) is 0 Å². The summed E-state index contributed by atoms with van der Waals surface area (Å²) < 4.78 is 33.2. The SMILES string of the molecule is O=C(CN(c1cc(Cl)cc(Cl)c1)S(=O)(=O)c1ccccc1)N/N=C\c1ccc(OCC(=O)Nc2ccccc2)cc1. The molecule has 4 rings (SSSR count). The summed E-state index contributed by atoms with van der Waals surface area (Å²) >= 11 is 12.2. The number of halogens is 2. The molecule has 2 N–H and O–H groups in total. The first-order chi connectivity index (χ1) is 19.7. The Hall–Kier alpha value is -4.38. The number of benzene rings is 4. The highest BCUT2D eigenvalue weighted by Crippen LogP contribution is 2.29. The molecule has 0 saturated heterocycles. The molecule has 0 spiro atoms. The van der Waals surface area contributed by atoms with E-state index in [1.807, 2.05) is 18.2 Å². The Morgan fingerprint density at radius 3 is 2.07 bits per heavy atom. The first kappa shape index (κ1) is 29.6. The molecule has 0 unspecified atom stereocenters. The Morgan fingerprint density at radius 1 is 0.829 bits per heavy atom. The standard InChI is InChI=1S/C29H24Cl2N4O5S/c30-22-15-23(31)17-25(16-22)35(41(38,39)27-9-5-2-6-10-27)19-28(36)34-32-18-21-11-13-26(14-12-21)40-20-29(37)33-24-7-3-1-4-8-24/h1-18H,19-20H2,(H,33,37)(H,34,36)/b32-18-. The fourth-order valence-corrected chi connectivity index (χ4v) is 5.52. The molecule has 0 atom stereocenters. The average Bonchev–Trinajstić information content (AvgIpc) is 2.96. The van der Waals surface area contributed by atoms with E-state index in [9.17, 15) is 18.0 Å². The first-order valence-corrected chi connectivity index (χ1v) is 14.3. The van der Waals surface area contributed by atoms with Crippen LogP contribution in [0.15, 0.2) is 113 Å². The third-order valence-corrected chi connectivity index (χ3v) is 7.69. The fraction of sp³-hybridized carbons (Fsp3) is 0.0690. The van der Waals surface area contributed by atoms with Crippen LogP contribution in [0.4, 0.5) is 11.4 Å². The van der Waals surface area contributed by atoms with Crippen LogP contribution in [0.5, 0.6) is 5.75 Å². The van der Waals surface area contributed by atoms with E-state index in [0.717, 1.165) is 4.31 Å². The van der Waals surface area contributed by atoms with Crippen LogP contribution in [0.25, 0.3) is 0 Å². The van der Waals surface area contributed by atoms with E-state index in [1.165, 1.54) is 36.5 Å². The number of nitrogens with zero attached hydrogens (tertiary/aromatic N) is 2. The third kappa shape index (κ3) is 8.55. The van der Waals surface area contributed by atoms with Gasteiger partial charge in [0.15, 0.2) is 6.61 Å². The van der Waals surface area contributed by atoms with E-state index < -0.39 is 22.5 Å². The van der Waals surface area contributed by atoms with Gasteiger partial charge in [0.25, 0.3) is 21.8 Å². The molecule has 9 nitrogen and oxygen atoms in total. The fourth-order valence-electron chi connectivity index (χ4n) is 3.58. The minimum absolute atomic E-state index is 0.00717. The molecule has 0 saturated carbocycles. The number of hydrogen-bond acceptors (Lipinski definition) is 6. The molecule has 41 heavy (non-hydrogen) atoms. The summed E-state index contributed by atoms with van der Waals surface area (Å²) in [4.78, 5) is 24.8. The molecule has 0 fully saturated rings. The van der Waals surface area contributed by atoms with Crippen LogP contribution in [-0.4, -0.2) is 39.6 Å². The maximum atomic E-state index is 13.4. The number of ether oxygens (including phenoxy) is 1. The maximum absolute atomic E-state index is 13.4. The molecule has 4 aromatic carbocycles. The van der Waals surface area contributed by atoms with Gasteiger partial charge in [-0.3, -0.25) is 13.9 Å². The van der Waals surface area contributed by atoms with Crippen molar-refractivity contribution < 1.29 is 22.7 Å². The van der Waals surface area contributed by atoms with Gasteiger partial charge >= 0.3 is 0 Å². The van der Waals surface area contributed by atoms with Crippen molar-refractivity contribution in [3.05, 3.63) is 119 Å². The number of hydrazone groups is 1. The van der Waals surface area contributed by atoms with Crippen molar-refractivity contribution in [2.45, 2.75) is 4.90 Å². The number of rotatable bonds is 11. The van der Waals surface area contributed by atoms with Crippen LogP contribution in [0.1, 0.15) is 5.56 Å². The number of sulfonamides is 1. The van der Waals surface area contributed by atoms with E-state index in [-0.39, 0.29) is 33.1 Å². The van der Waals surface area contributed by atoms with Crippen LogP contribution in [-0.2, 0) is 19.6 Å². The Morgan fingerprint density at radius 2 is 1.44 bits per heavy atom. The molecule has 0 bridgehead atoms. The van der Waals surface area contributed by atoms with Crippen molar-refractivity contribution in [2.75, 3.05) is 22.8 Å². The van der Waals surface area contributed by atoms with Crippen LogP contribution in [0.2, 0.25) is 10.0 Å². The Kier molecular flexibility index (Phi) is 9.96. The maximum Gasteiger partial charge on any atom is 0.264 e. The third-order valence-electron chi connectivity index (χ3n) is 5.46. The second kappa shape index (κ2) is 13.8. The molecule has 0 radical (unpaired) electrons. The highest BCUT2D eigenvalue weighted by Gasteiger charge is 2.27. The van der Waals surface area contributed by atoms with Gasteiger partial charge in [0.05, 0.1) is 16.8 Å². The number of amides is 2. The summed E-state index contributed by atoms with van der Waals surface area (Å²) in [6.45, 7) is -0.748. The molecule has 0 aliphatic rings. The smallest absolute Gasteiger partial charge is 0.264 e. The largest absolute Gasteiger partial charge is 0.484 e. The molecule has 2 amide bonds. The van der Waals surface area contributed by atoms with E-state index in [1.54, 1.807) is 54.6 Å². The molecule has 12 heteroatoms. The van der Waals surface area contributed by atoms with Gasteiger partial charge in [0, 0.05) is 15.7 Å². The minimum Gasteiger partial charge on any atom is -0.484 e. The number of carbonyl (C=O) groups is 2. The zero-order valence-corrected chi connectivity index (χ0v) is 23.7. The van der Waals surface area contributed by atoms with E-state index in [4.69, 9.17) is 27.9 Å². The van der Waals surface area contributed by atoms with E-state index >= 15 is 0 Å². The normalized spacial score (nSPS) is 11.2. The Labute approximate surface area is 247 Å². The molecular weight excluding hydrogens is 587 g/mol. The van der Waals surface area contributed by atoms with Crippen molar-refractivity contribution in [1.29, 1.82) is 0 Å². The van der Waals surface area contributed by atoms with E-state index in [0.29, 0.717) is 17.0 Å². The van der Waals surface area contributed by atoms with Gasteiger partial charge in [-0.2, -0.15) is 5.10 Å². The number of hydrogen-bond donors (Lipinski definition) is 2. The predicted molar refractivity (Wildman–Crippen MR) is 160 cm³/mol. The van der Waals surface area contributed by atoms with Crippen LogP contribution in [0.3, 0.4) is 0 Å². The van der Waals surface area contributed by atoms with Crippen LogP contribution in [0, 0.1) is 0 Å². The van der Waals surface area contributed by atoms with Gasteiger partial charge in [-0.25, -0.2) is 13.8 Å². The molecule has 0 aliphatic heterocycles. The minimum atomic E-state index is -4.13. The summed E-state index contributed by atoms with van der Waals surface area (Å²) in [5, 5.41) is 7.08. The summed E-state index contributed by atoms with van der Waals surface area (Å²) in [5.74, 6) is -0.523. The van der Waals surface area contributed by atoms with Crippen molar-refractivity contribution >= 4 is 62.6 Å². The molecule has 4 aromatic rings. The van der Waals surface area contributed by atoms with Gasteiger partial charge in [0.1, 0.15) is 12.3 Å². The van der Waals surface area contributed by atoms with Crippen LogP contribution < -0.4 is 19.8 Å². The van der Waals surface area contributed by atoms with Gasteiger partial charge in [-0.1, -0.05) is 59.6 Å². The second-order valence-electron chi connectivity index (χ2n) is 8.52. The van der Waals surface area contributed by atoms with Gasteiger partial charge in [-0.15, -0.1) is 0 Å². The molecule has 0 aliphatic carbocycles. The summed E-state index contributed by atoms with van der Waals surface area (Å²) in [6.07, 6.45) is 1.39. The Balaban J connectivity index is 1.37. The second-order valence-corrected chi connectivity index (χ2v) is 11.3. The Bertz CT molecular complexity index is 1620. The van der Waals surface area contributed by atoms with Crippen LogP contribution >= 0.6 is 23.2 Å². The lowest BCUT2D eigenvalue weighted by molar-refractivity contribution is -0.119. The molecule has 0 heterocycles. The summed E-state index contributed by atoms with van der Waals surface area (Å²) in [5.41, 5.74) is 3.76. The number of anilines is 2. The highest BCUT2D eigenvalue weighted by atomic mass is 35.5. The van der Waals surface area contributed by atoms with Crippen molar-refractivity contribution in [2.24, 2.45) is 5.10 Å². The predicted octanol–water partition coefficient (Wildman–Crippen LogP) is 5.36. The summed E-state index contributed by atoms with van der Waals surface area (Å²) in [7, 11) is -4.13. The van der Waals surface area contributed by atoms with Gasteiger partial charge < -0.3 is 10.1 Å². The molecular formula is C29H24Cl2N4O5S. The first-order valence-electron chi connectivity index (χ1n) is 12.1. The molecule has 0 aromatic heterocycles. The lowest BCUT2D eigenvalue weighted by Gasteiger charge is -2.24. The van der Waals surface area contributed by atoms with E-state index in [2.05, 4.69) is 15.8 Å². The zero-order valence-electron chi connectivity index (χ0n) is 21.4. The topological polar surface area (TPSA) is 117 Å². The quantitative estimate of drug-likeness (QED) is 0.175. The summed E-state index contributed by atoms with van der Waals surface area (Å²) in [6, 6.07) is 27.6. The van der Waals surface area contributed by atoms with Crippen molar-refractivity contribution in [3.8, 4) is 5.75 Å². The highest BCUT2D eigenvalue weighted by molar-refractivity contribution is 7.92. The lowest BCUT2D eigenvalue weighted by atomic mass is 10.2. The van der Waals surface area contributed by atoms with Gasteiger partial charge in [-0.05, 0) is 72.3 Å². The monoisotopic (exact) mass is 610 g/mol. The van der Waals surface area contributed by atoms with Crippen molar-refractivity contribution in [1.82, 2.24) is 5.43 Å². The lowest BCUT2D eigenvalue weighted by Crippen LogP contribution is -2.39. The van der Waals surface area contributed by atoms with Gasteiger partial charge in [0.2, 0.25) is 0 Å². The number of nitrogens with one attached hydrogen (secondary N) is 2. The zero-order chi connectivity index (χ0) is 29.2. The number of carbonyl (C=O) groups excluding carboxylic acids is 2. The number of para-hydroxylation sites is 1. The average molecular weight is 612 g/mol.